The Bertz CT molecular complexity index is 287. The minimum atomic E-state index is -0.252. The topological polar surface area (TPSA) is 46.2 Å². The third kappa shape index (κ3) is 15.4. The van der Waals surface area contributed by atoms with Crippen molar-refractivity contribution in [1.29, 1.82) is 0 Å². The van der Waals surface area contributed by atoms with Crippen molar-refractivity contribution < 1.29 is 42.3 Å². The molecule has 1 atom stereocenters. The van der Waals surface area contributed by atoms with Gasteiger partial charge in [0, 0.05) is 38.1 Å². The van der Waals surface area contributed by atoms with Gasteiger partial charge in [0.1, 0.15) is 5.78 Å². The molecule has 1 amide bonds. The molecular weight excluding hydrogens is 442 g/mol. The van der Waals surface area contributed by atoms with Gasteiger partial charge in [-0.3, -0.25) is 11.8 Å². The largest absolute Gasteiger partial charge is 0.508 e. The molecule has 0 aliphatic rings. The Labute approximate surface area is 163 Å². The molecule has 0 saturated heterocycles. The maximum absolute atomic E-state index is 11.8. The van der Waals surface area contributed by atoms with Crippen LogP contribution in [0.5, 0.6) is 0 Å². The van der Waals surface area contributed by atoms with Crippen LogP contribution >= 0.6 is 22.6 Å². The molecule has 0 heterocycles. The average molecular weight is 470 g/mol. The van der Waals surface area contributed by atoms with Gasteiger partial charge in [0.2, 0.25) is 5.91 Å². The number of ketones is 1. The van der Waals surface area contributed by atoms with Crippen molar-refractivity contribution in [1.82, 2.24) is 5.32 Å². The van der Waals surface area contributed by atoms with Gasteiger partial charge in [0.15, 0.2) is 0 Å². The van der Waals surface area contributed by atoms with Crippen LogP contribution in [-0.4, -0.2) is 16.1 Å². The van der Waals surface area contributed by atoms with Crippen LogP contribution in [0.3, 0.4) is 0 Å². The SMILES string of the molecule is [CH2-]C(CC(C)(C)C)C(=O)C(C)(C)C.[CH2-]NC(=O)CI.[Y]. The molecule has 0 bridgehead atoms. The third-order valence-electron chi connectivity index (χ3n) is 2.29. The second-order valence-corrected chi connectivity index (χ2v) is 7.57. The molecule has 5 heteroatoms. The first-order valence-corrected chi connectivity index (χ1v) is 7.87. The fraction of sp³-hybridized carbons (Fsp3) is 0.733. The second kappa shape index (κ2) is 11.5. The van der Waals surface area contributed by atoms with Gasteiger partial charge in [-0.15, -0.1) is 5.92 Å². The normalized spacial score (nSPS) is 12.4. The molecule has 0 fully saturated rings. The molecule has 3 nitrogen and oxygen atoms in total. The molecule has 0 aromatic rings. The molecule has 1 unspecified atom stereocenters. The summed E-state index contributed by atoms with van der Waals surface area (Å²) in [6.07, 6.45) is 0.864. The summed E-state index contributed by atoms with van der Waals surface area (Å²) in [5.74, 6) is 0.165. The fourth-order valence-corrected chi connectivity index (χ4v) is 1.76. The molecule has 0 aromatic carbocycles. The van der Waals surface area contributed by atoms with Gasteiger partial charge in [-0.25, -0.2) is 0 Å². The summed E-state index contributed by atoms with van der Waals surface area (Å²) >= 11 is 1.96. The van der Waals surface area contributed by atoms with Gasteiger partial charge in [0.05, 0.1) is 4.43 Å². The summed E-state index contributed by atoms with van der Waals surface area (Å²) in [5, 5.41) is 2.22. The molecule has 117 valence electrons. The molecule has 0 rings (SSSR count). The first kappa shape index (κ1) is 25.9. The number of carbonyl (C=O) groups excluding carboxylic acids is 2. The second-order valence-electron chi connectivity index (χ2n) is 6.81. The van der Waals surface area contributed by atoms with Crippen LogP contribution in [-0.2, 0) is 42.3 Å². The van der Waals surface area contributed by atoms with E-state index in [9.17, 15) is 9.59 Å². The number of hydrogen-bond acceptors (Lipinski definition) is 2. The third-order valence-corrected chi connectivity index (χ3v) is 2.98. The quantitative estimate of drug-likeness (QED) is 0.388. The predicted molar refractivity (Wildman–Crippen MR) is 89.8 cm³/mol. The molecule has 0 saturated carbocycles. The Balaban J connectivity index is -0.000000352. The van der Waals surface area contributed by atoms with Crippen molar-refractivity contribution in [2.24, 2.45) is 16.7 Å². The van der Waals surface area contributed by atoms with Crippen LogP contribution in [0.4, 0.5) is 0 Å². The Hall–Kier alpha value is 0.974. The zero-order valence-corrected chi connectivity index (χ0v) is 18.7. The van der Waals surface area contributed by atoms with E-state index in [4.69, 9.17) is 0 Å². The van der Waals surface area contributed by atoms with E-state index >= 15 is 0 Å². The number of halogens is 1. The van der Waals surface area contributed by atoms with Crippen molar-refractivity contribution in [2.45, 2.75) is 48.0 Å². The van der Waals surface area contributed by atoms with E-state index in [2.05, 4.69) is 40.1 Å². The van der Waals surface area contributed by atoms with Gasteiger partial charge >= 0.3 is 0 Å². The Morgan fingerprint density at radius 3 is 1.70 bits per heavy atom. The Morgan fingerprint density at radius 2 is 1.55 bits per heavy atom. The van der Waals surface area contributed by atoms with Crippen molar-refractivity contribution in [3.8, 4) is 0 Å². The summed E-state index contributed by atoms with van der Waals surface area (Å²) in [7, 11) is 3.15. The zero-order chi connectivity index (χ0) is 15.9. The number of nitrogens with one attached hydrogen (secondary N) is 1. The van der Waals surface area contributed by atoms with Crippen LogP contribution in [0.2, 0.25) is 0 Å². The van der Waals surface area contributed by atoms with Crippen LogP contribution in [0.25, 0.3) is 0 Å². The number of hydrogen-bond donors (Lipinski definition) is 1. The van der Waals surface area contributed by atoms with Crippen LogP contribution in [0.15, 0.2) is 0 Å². The maximum Gasteiger partial charge on any atom is 0.200 e. The number of alkyl halides is 1. The summed E-state index contributed by atoms with van der Waals surface area (Å²) in [6.45, 7) is 16.2. The van der Waals surface area contributed by atoms with E-state index in [0.29, 0.717) is 4.43 Å². The van der Waals surface area contributed by atoms with Gasteiger partial charge < -0.3 is 17.0 Å². The maximum atomic E-state index is 11.8. The van der Waals surface area contributed by atoms with E-state index in [1.165, 1.54) is 0 Å². The zero-order valence-electron chi connectivity index (χ0n) is 13.7. The van der Waals surface area contributed by atoms with Crippen LogP contribution in [0.1, 0.15) is 48.0 Å². The van der Waals surface area contributed by atoms with Crippen molar-refractivity contribution in [3.63, 3.8) is 0 Å². The van der Waals surface area contributed by atoms with Crippen molar-refractivity contribution in [3.05, 3.63) is 14.0 Å². The molecule has 0 aromatic heterocycles. The monoisotopic (exact) mass is 470 g/mol. The minimum Gasteiger partial charge on any atom is -0.508 e. The number of rotatable bonds is 3. The van der Waals surface area contributed by atoms with Gasteiger partial charge in [-0.05, 0) is 5.41 Å². The number of Topliss-reactive ketones (excluding diaryl/α,β-unsaturated/α-hetero) is 1. The average Bonchev–Trinajstić information content (AvgIpc) is 2.24. The van der Waals surface area contributed by atoms with E-state index in [-0.39, 0.29) is 61.1 Å². The van der Waals surface area contributed by atoms with Gasteiger partial charge in [0.25, 0.3) is 0 Å². The van der Waals surface area contributed by atoms with E-state index < -0.39 is 0 Å². The first-order valence-electron chi connectivity index (χ1n) is 6.34. The fourth-order valence-electron chi connectivity index (χ4n) is 1.49. The summed E-state index contributed by atoms with van der Waals surface area (Å²) in [6, 6.07) is 0. The first-order chi connectivity index (χ1) is 8.35. The Kier molecular flexibility index (Phi) is 14.9. The predicted octanol–water partition coefficient (Wildman–Crippen LogP) is 3.81. The van der Waals surface area contributed by atoms with Crippen molar-refractivity contribution in [2.75, 3.05) is 4.43 Å². The molecular formula is C15H28INO2Y-2. The molecule has 20 heavy (non-hydrogen) atoms. The molecule has 1 N–H and O–H groups in total. The van der Waals surface area contributed by atoms with Crippen molar-refractivity contribution >= 4 is 34.3 Å². The molecule has 0 aliphatic heterocycles. The van der Waals surface area contributed by atoms with Crippen LogP contribution < -0.4 is 5.32 Å². The number of amides is 1. The summed E-state index contributed by atoms with van der Waals surface area (Å²) in [4.78, 5) is 21.8. The van der Waals surface area contributed by atoms with E-state index in [1.807, 2.05) is 43.4 Å². The van der Waals surface area contributed by atoms with E-state index in [1.54, 1.807) is 0 Å². The summed E-state index contributed by atoms with van der Waals surface area (Å²) < 4.78 is 0.487. The standard InChI is InChI=1S/C12H23O.C3H5INO.Y/c1-9(8-11(2,3)4)10(13)12(5,6)7;1-5-3(6)2-4;/h9H,1,8H2,2-7H3;1-2H2,(H,5,6);/q2*-1;. The minimum absolute atomic E-state index is 0. The molecule has 0 spiro atoms. The molecule has 1 radical (unpaired) electrons. The smallest absolute Gasteiger partial charge is 0.200 e. The Morgan fingerprint density at radius 1 is 1.15 bits per heavy atom. The van der Waals surface area contributed by atoms with Gasteiger partial charge in [-0.1, -0.05) is 70.6 Å². The van der Waals surface area contributed by atoms with E-state index in [0.717, 1.165) is 6.42 Å². The number of carbonyl (C=O) groups is 2. The molecule has 0 aliphatic carbocycles. The summed E-state index contributed by atoms with van der Waals surface area (Å²) in [5.41, 5.74) is -0.0645. The van der Waals surface area contributed by atoms with Gasteiger partial charge in [-0.2, -0.15) is 0 Å². The van der Waals surface area contributed by atoms with Crippen LogP contribution in [0, 0.1) is 30.7 Å².